The third-order valence-electron chi connectivity index (χ3n) is 5.22. The number of halogens is 2. The minimum Gasteiger partial charge on any atom is -0.474 e. The number of hydrogen-bond donors (Lipinski definition) is 2. The van der Waals surface area contributed by atoms with Crippen LogP contribution in [0.1, 0.15) is 32.3 Å². The standard InChI is InChI=1S/C18H20F2N6O.C8H9NO/c1-12(25-17(27)18(2,19)20)11-26-16-4-3-13(7-14(16)10-24-26)15(8-22)9-23-6-5-21;1-2-6-9-8(3-1)10-7-4-5-7/h3-4,7-10,12H,6,11,22H2,1-2H3,(H,25,27);1-3,6-7H,4-5H2/b15-8+,23-9?;. The summed E-state index contributed by atoms with van der Waals surface area (Å²) in [5, 5.41) is 15.9. The molecule has 0 aliphatic heterocycles. The van der Waals surface area contributed by atoms with E-state index in [2.05, 4.69) is 20.4 Å². The maximum absolute atomic E-state index is 13.0. The van der Waals surface area contributed by atoms with Gasteiger partial charge in [0.2, 0.25) is 5.88 Å². The van der Waals surface area contributed by atoms with Crippen molar-refractivity contribution < 1.29 is 18.3 Å². The number of carbonyl (C=O) groups is 1. The summed E-state index contributed by atoms with van der Waals surface area (Å²) in [4.78, 5) is 19.4. The Balaban J connectivity index is 0.000000313. The first-order valence-corrected chi connectivity index (χ1v) is 11.7. The summed E-state index contributed by atoms with van der Waals surface area (Å²) in [7, 11) is 0. The molecule has 1 saturated carbocycles. The lowest BCUT2D eigenvalue weighted by Crippen LogP contribution is -2.44. The van der Waals surface area contributed by atoms with Crippen molar-refractivity contribution in [1.82, 2.24) is 20.1 Å². The lowest BCUT2D eigenvalue weighted by atomic mass is 10.1. The Morgan fingerprint density at radius 1 is 1.41 bits per heavy atom. The summed E-state index contributed by atoms with van der Waals surface area (Å²) < 4.78 is 33.0. The molecule has 3 aromatic rings. The van der Waals surface area contributed by atoms with Crippen LogP contribution in [0.4, 0.5) is 8.78 Å². The number of ether oxygens (including phenoxy) is 1. The zero-order chi connectivity index (χ0) is 26.8. The van der Waals surface area contributed by atoms with E-state index in [0.29, 0.717) is 18.6 Å². The van der Waals surface area contributed by atoms with Gasteiger partial charge >= 0.3 is 5.92 Å². The Hall–Kier alpha value is -4.33. The highest BCUT2D eigenvalue weighted by atomic mass is 19.3. The number of nitrogens with zero attached hydrogens (tertiary/aromatic N) is 5. The van der Waals surface area contributed by atoms with E-state index in [4.69, 9.17) is 15.7 Å². The molecule has 11 heteroatoms. The average Bonchev–Trinajstić information content (AvgIpc) is 3.60. The van der Waals surface area contributed by atoms with Gasteiger partial charge in [0.15, 0.2) is 0 Å². The van der Waals surface area contributed by atoms with Crippen LogP contribution < -0.4 is 15.8 Å². The van der Waals surface area contributed by atoms with Crippen LogP contribution in [-0.4, -0.2) is 51.5 Å². The highest BCUT2D eigenvalue weighted by Crippen LogP contribution is 2.25. The molecule has 194 valence electrons. The first-order chi connectivity index (χ1) is 17.7. The monoisotopic (exact) mass is 509 g/mol. The van der Waals surface area contributed by atoms with Gasteiger partial charge < -0.3 is 15.8 Å². The number of carbonyl (C=O) groups excluding carboxylic acids is 1. The minimum absolute atomic E-state index is 0.0396. The van der Waals surface area contributed by atoms with Crippen LogP contribution in [0.25, 0.3) is 16.5 Å². The first kappa shape index (κ1) is 27.3. The highest BCUT2D eigenvalue weighted by molar-refractivity contribution is 6.10. The average molecular weight is 510 g/mol. The molecule has 1 aliphatic rings. The lowest BCUT2D eigenvalue weighted by molar-refractivity contribution is -0.143. The number of nitrogens with two attached hydrogens (primary N) is 1. The van der Waals surface area contributed by atoms with E-state index in [1.807, 2.05) is 42.5 Å². The number of nitriles is 1. The molecule has 1 unspecified atom stereocenters. The van der Waals surface area contributed by atoms with E-state index in [9.17, 15) is 13.6 Å². The number of alkyl halides is 2. The van der Waals surface area contributed by atoms with Crippen molar-refractivity contribution >= 4 is 28.6 Å². The lowest BCUT2D eigenvalue weighted by Gasteiger charge is -2.17. The third-order valence-corrected chi connectivity index (χ3v) is 5.22. The molecule has 2 aromatic heterocycles. The Bertz CT molecular complexity index is 1290. The number of fused-ring (bicyclic) bond motifs is 1. The van der Waals surface area contributed by atoms with Crippen LogP contribution in [-0.2, 0) is 11.3 Å². The molecule has 0 spiro atoms. The third kappa shape index (κ3) is 8.38. The Morgan fingerprint density at radius 3 is 2.81 bits per heavy atom. The van der Waals surface area contributed by atoms with Gasteiger partial charge in [-0.1, -0.05) is 12.1 Å². The van der Waals surface area contributed by atoms with Crippen molar-refractivity contribution in [2.24, 2.45) is 10.7 Å². The van der Waals surface area contributed by atoms with Crippen LogP contribution in [0, 0.1) is 11.3 Å². The SMILES string of the molecule is CC(Cn1ncc2cc(/C(C=NCC#N)=C/N)ccc21)NC(=O)C(C)(F)F.c1ccc(OC2CC2)nc1. The van der Waals surface area contributed by atoms with Crippen LogP contribution in [0.3, 0.4) is 0 Å². The van der Waals surface area contributed by atoms with E-state index < -0.39 is 17.9 Å². The van der Waals surface area contributed by atoms with Gasteiger partial charge in [0, 0.05) is 48.6 Å². The van der Waals surface area contributed by atoms with E-state index >= 15 is 0 Å². The number of hydrogen-bond acceptors (Lipinski definition) is 7. The molecule has 2 heterocycles. The quantitative estimate of drug-likeness (QED) is 0.334. The molecule has 4 rings (SSSR count). The summed E-state index contributed by atoms with van der Waals surface area (Å²) in [6.45, 7) is 2.47. The van der Waals surface area contributed by atoms with Crippen molar-refractivity contribution in [2.45, 2.75) is 51.3 Å². The summed E-state index contributed by atoms with van der Waals surface area (Å²) in [6.07, 6.45) is 9.15. The molecule has 1 aliphatic carbocycles. The molecular weight excluding hydrogens is 480 g/mol. The van der Waals surface area contributed by atoms with Crippen LogP contribution in [0.5, 0.6) is 5.88 Å². The fourth-order valence-electron chi connectivity index (χ4n) is 3.24. The second-order valence-electron chi connectivity index (χ2n) is 8.60. The molecule has 1 fully saturated rings. The Morgan fingerprint density at radius 2 is 2.19 bits per heavy atom. The predicted octanol–water partition coefficient (Wildman–Crippen LogP) is 3.71. The molecule has 3 N–H and O–H groups in total. The Labute approximate surface area is 213 Å². The van der Waals surface area contributed by atoms with Crippen molar-refractivity contribution in [2.75, 3.05) is 6.54 Å². The molecule has 37 heavy (non-hydrogen) atoms. The maximum atomic E-state index is 13.0. The predicted molar refractivity (Wildman–Crippen MR) is 137 cm³/mol. The molecule has 0 saturated heterocycles. The second kappa shape index (κ2) is 12.6. The van der Waals surface area contributed by atoms with E-state index in [-0.39, 0.29) is 13.1 Å². The summed E-state index contributed by atoms with van der Waals surface area (Å²) in [5.74, 6) is -3.99. The fourth-order valence-corrected chi connectivity index (χ4v) is 3.24. The minimum atomic E-state index is -3.42. The fraction of sp³-hybridized carbons (Fsp3) is 0.346. The van der Waals surface area contributed by atoms with E-state index in [1.54, 1.807) is 24.0 Å². The summed E-state index contributed by atoms with van der Waals surface area (Å²) >= 11 is 0. The van der Waals surface area contributed by atoms with E-state index in [1.165, 1.54) is 25.3 Å². The number of pyridine rings is 1. The maximum Gasteiger partial charge on any atom is 0.321 e. The summed E-state index contributed by atoms with van der Waals surface area (Å²) in [5.41, 5.74) is 7.87. The number of amides is 1. The number of rotatable bonds is 9. The van der Waals surface area contributed by atoms with Crippen molar-refractivity contribution in [3.63, 3.8) is 0 Å². The van der Waals surface area contributed by atoms with Crippen LogP contribution in [0.2, 0.25) is 0 Å². The van der Waals surface area contributed by atoms with Gasteiger partial charge in [-0.05, 0) is 43.5 Å². The number of nitrogens with one attached hydrogen (secondary N) is 1. The Kier molecular flexibility index (Phi) is 9.27. The molecule has 1 amide bonds. The largest absolute Gasteiger partial charge is 0.474 e. The molecule has 1 aromatic carbocycles. The highest BCUT2D eigenvalue weighted by Gasteiger charge is 2.33. The zero-order valence-electron chi connectivity index (χ0n) is 20.6. The summed E-state index contributed by atoms with van der Waals surface area (Å²) in [6, 6.07) is 12.6. The molecule has 0 bridgehead atoms. The van der Waals surface area contributed by atoms with E-state index in [0.717, 1.165) is 22.3 Å². The molecule has 9 nitrogen and oxygen atoms in total. The van der Waals surface area contributed by atoms with Gasteiger partial charge in [-0.2, -0.15) is 19.1 Å². The van der Waals surface area contributed by atoms with Crippen LogP contribution >= 0.6 is 0 Å². The van der Waals surface area contributed by atoms with Gasteiger partial charge in [0.25, 0.3) is 5.91 Å². The number of aromatic nitrogens is 3. The van der Waals surface area contributed by atoms with Crippen molar-refractivity contribution in [1.29, 1.82) is 5.26 Å². The molecular formula is C26H29F2N7O2. The molecule has 1 atom stereocenters. The molecule has 0 radical (unpaired) electrons. The first-order valence-electron chi connectivity index (χ1n) is 11.7. The number of aliphatic imine (C=N–C) groups is 1. The number of allylic oxidation sites excluding steroid dienone is 1. The smallest absolute Gasteiger partial charge is 0.321 e. The second-order valence-corrected chi connectivity index (χ2v) is 8.60. The van der Waals surface area contributed by atoms with Gasteiger partial charge in [-0.3, -0.25) is 14.5 Å². The van der Waals surface area contributed by atoms with Crippen molar-refractivity contribution in [3.8, 4) is 11.9 Å². The van der Waals surface area contributed by atoms with Gasteiger partial charge in [0.1, 0.15) is 12.6 Å². The van der Waals surface area contributed by atoms with Gasteiger partial charge in [-0.15, -0.1) is 0 Å². The van der Waals surface area contributed by atoms with Crippen LogP contribution in [0.15, 0.2) is 60.0 Å². The normalized spacial score (nSPS) is 14.5. The van der Waals surface area contributed by atoms with Gasteiger partial charge in [-0.25, -0.2) is 4.98 Å². The zero-order valence-corrected chi connectivity index (χ0v) is 20.6. The number of benzene rings is 1. The topological polar surface area (TPSA) is 131 Å². The van der Waals surface area contributed by atoms with Gasteiger partial charge in [0.05, 0.1) is 24.3 Å². The van der Waals surface area contributed by atoms with Crippen molar-refractivity contribution in [3.05, 3.63) is 60.6 Å².